The maximum atomic E-state index is 13.3. The summed E-state index contributed by atoms with van der Waals surface area (Å²) in [5.74, 6) is -6.84. The normalized spacial score (nSPS) is 15.5. The van der Waals surface area contributed by atoms with Crippen LogP contribution in [0.15, 0.2) is 12.2 Å². The van der Waals surface area contributed by atoms with E-state index < -0.39 is 35.2 Å². The largest absolute Gasteiger partial charge is 0.478 e. The third-order valence-electron chi connectivity index (χ3n) is 2.45. The van der Waals surface area contributed by atoms with E-state index in [9.17, 15) is 31.1 Å². The first-order valence-electron chi connectivity index (χ1n) is 4.27. The lowest BCUT2D eigenvalue weighted by Crippen LogP contribution is -2.52. The quantitative estimate of drug-likeness (QED) is 0.625. The molecule has 17 heavy (non-hydrogen) atoms. The topological polar surface area (TPSA) is 37.3 Å². The van der Waals surface area contributed by atoms with Gasteiger partial charge in [0.05, 0.1) is 5.41 Å². The molecule has 0 aliphatic heterocycles. The van der Waals surface area contributed by atoms with Crippen LogP contribution in [0.4, 0.5) is 26.3 Å². The van der Waals surface area contributed by atoms with E-state index in [0.29, 0.717) is 13.8 Å². The van der Waals surface area contributed by atoms with Crippen molar-refractivity contribution in [1.82, 2.24) is 0 Å². The van der Waals surface area contributed by atoms with Crippen LogP contribution in [0.2, 0.25) is 0 Å². The van der Waals surface area contributed by atoms with Crippen LogP contribution in [-0.2, 0) is 4.79 Å². The van der Waals surface area contributed by atoms with Gasteiger partial charge in [0.25, 0.3) is 12.1 Å². The van der Waals surface area contributed by atoms with Crippen molar-refractivity contribution < 1.29 is 36.2 Å². The van der Waals surface area contributed by atoms with Crippen LogP contribution >= 0.6 is 0 Å². The molecule has 0 spiro atoms. The molecule has 0 heterocycles. The predicted octanol–water partition coefficient (Wildman–Crippen LogP) is 3.19. The van der Waals surface area contributed by atoms with Crippen molar-refractivity contribution in [2.24, 2.45) is 5.41 Å². The molecule has 0 aromatic rings. The van der Waals surface area contributed by atoms with Crippen molar-refractivity contribution in [3.05, 3.63) is 12.2 Å². The van der Waals surface area contributed by atoms with E-state index in [1.54, 1.807) is 0 Å². The van der Waals surface area contributed by atoms with E-state index in [-0.39, 0.29) is 0 Å². The molecule has 2 nitrogen and oxygen atoms in total. The third-order valence-corrected chi connectivity index (χ3v) is 2.45. The van der Waals surface area contributed by atoms with Crippen LogP contribution < -0.4 is 0 Å². The molecule has 0 radical (unpaired) electrons. The summed E-state index contributed by atoms with van der Waals surface area (Å²) in [6.07, 6.45) is -10.2. The molecule has 0 amide bonds. The summed E-state index contributed by atoms with van der Waals surface area (Å²) in [4.78, 5) is 10.4. The first-order chi connectivity index (χ1) is 7.26. The zero-order valence-electron chi connectivity index (χ0n) is 8.91. The summed E-state index contributed by atoms with van der Waals surface area (Å²) in [6.45, 7) is 3.72. The van der Waals surface area contributed by atoms with Gasteiger partial charge in [-0.1, -0.05) is 6.58 Å². The molecule has 1 unspecified atom stereocenters. The Bertz CT molecular complexity index is 331. The maximum Gasteiger partial charge on any atom is 0.425 e. The molecule has 0 aliphatic rings. The van der Waals surface area contributed by atoms with Crippen molar-refractivity contribution in [2.75, 3.05) is 0 Å². The Hall–Kier alpha value is -1.21. The van der Waals surface area contributed by atoms with Crippen molar-refractivity contribution in [3.8, 4) is 0 Å². The Balaban J connectivity index is 5.45. The lowest BCUT2D eigenvalue weighted by atomic mass is 9.76. The highest BCUT2D eigenvalue weighted by Crippen LogP contribution is 2.49. The Kier molecular flexibility index (Phi) is 3.93. The van der Waals surface area contributed by atoms with E-state index in [0.717, 1.165) is 0 Å². The highest BCUT2D eigenvalue weighted by molar-refractivity contribution is 5.87. The molecule has 0 aromatic carbocycles. The summed E-state index contributed by atoms with van der Waals surface area (Å²) in [6, 6.07) is 0. The maximum absolute atomic E-state index is 13.3. The second kappa shape index (κ2) is 4.23. The van der Waals surface area contributed by atoms with Crippen LogP contribution in [0, 0.1) is 5.41 Å². The Morgan fingerprint density at radius 1 is 1.18 bits per heavy atom. The van der Waals surface area contributed by atoms with Crippen molar-refractivity contribution in [3.63, 3.8) is 0 Å². The van der Waals surface area contributed by atoms with Gasteiger partial charge < -0.3 is 5.11 Å². The van der Waals surface area contributed by atoms with Crippen molar-refractivity contribution >= 4 is 5.97 Å². The van der Waals surface area contributed by atoms with E-state index >= 15 is 0 Å². The van der Waals surface area contributed by atoms with Gasteiger partial charge in [0.1, 0.15) is 0 Å². The van der Waals surface area contributed by atoms with Crippen LogP contribution in [0.25, 0.3) is 0 Å². The lowest BCUT2D eigenvalue weighted by molar-refractivity contribution is -0.267. The van der Waals surface area contributed by atoms with Gasteiger partial charge in [-0.25, -0.2) is 18.0 Å². The highest BCUT2D eigenvalue weighted by atomic mass is 19.4. The van der Waals surface area contributed by atoms with Crippen LogP contribution in [0.3, 0.4) is 0 Å². The summed E-state index contributed by atoms with van der Waals surface area (Å²) >= 11 is 0. The number of carboxylic acid groups (broad SMARTS) is 1. The number of aliphatic carboxylic acids is 1. The van der Waals surface area contributed by atoms with Gasteiger partial charge in [-0.2, -0.15) is 13.2 Å². The van der Waals surface area contributed by atoms with E-state index in [4.69, 9.17) is 5.11 Å². The summed E-state index contributed by atoms with van der Waals surface area (Å²) in [7, 11) is 0. The van der Waals surface area contributed by atoms with Gasteiger partial charge >= 0.3 is 12.1 Å². The second-order valence-electron chi connectivity index (χ2n) is 3.94. The van der Waals surface area contributed by atoms with Gasteiger partial charge in [-0.15, -0.1) is 0 Å². The standard InChI is InChI=1S/C9H10F6O2/c1-4(5(16)17)7(2,3)8(11,12)6(10)9(13,14)15/h6H,1H2,2-3H3,(H,16,17). The smallest absolute Gasteiger partial charge is 0.425 e. The monoisotopic (exact) mass is 264 g/mol. The molecule has 0 saturated carbocycles. The molecule has 100 valence electrons. The summed E-state index contributed by atoms with van der Waals surface area (Å²) in [5.41, 5.74) is -4.07. The van der Waals surface area contributed by atoms with Crippen molar-refractivity contribution in [1.29, 1.82) is 0 Å². The number of carbonyl (C=O) groups is 1. The zero-order chi connectivity index (χ0) is 14.2. The second-order valence-corrected chi connectivity index (χ2v) is 3.94. The van der Waals surface area contributed by atoms with Gasteiger partial charge in [0, 0.05) is 5.57 Å². The average Bonchev–Trinajstić information content (AvgIpc) is 2.13. The SMILES string of the molecule is C=C(C(=O)O)C(C)(C)C(F)(F)C(F)C(F)(F)F. The number of hydrogen-bond acceptors (Lipinski definition) is 1. The van der Waals surface area contributed by atoms with E-state index in [2.05, 4.69) is 6.58 Å². The lowest BCUT2D eigenvalue weighted by Gasteiger charge is -2.36. The van der Waals surface area contributed by atoms with E-state index in [1.807, 2.05) is 0 Å². The molecule has 0 aromatic heterocycles. The molecule has 8 heteroatoms. The number of carboxylic acids is 1. The van der Waals surface area contributed by atoms with Gasteiger partial charge in [-0.05, 0) is 13.8 Å². The third kappa shape index (κ3) is 2.73. The average molecular weight is 264 g/mol. The molecule has 0 bridgehead atoms. The molecule has 0 fully saturated rings. The Morgan fingerprint density at radius 3 is 1.76 bits per heavy atom. The fourth-order valence-electron chi connectivity index (χ4n) is 0.991. The first kappa shape index (κ1) is 15.8. The molecule has 1 atom stereocenters. The van der Waals surface area contributed by atoms with Crippen LogP contribution in [-0.4, -0.2) is 29.3 Å². The summed E-state index contributed by atoms with van der Waals surface area (Å²) < 4.78 is 75.0. The molecule has 0 aliphatic carbocycles. The highest BCUT2D eigenvalue weighted by Gasteiger charge is 2.65. The first-order valence-corrected chi connectivity index (χ1v) is 4.27. The van der Waals surface area contributed by atoms with Gasteiger partial charge in [0.15, 0.2) is 0 Å². The zero-order valence-corrected chi connectivity index (χ0v) is 8.91. The van der Waals surface area contributed by atoms with Crippen LogP contribution in [0.5, 0.6) is 0 Å². The number of alkyl halides is 6. The number of hydrogen-bond donors (Lipinski definition) is 1. The number of halogens is 6. The fourth-order valence-corrected chi connectivity index (χ4v) is 0.991. The molecule has 0 rings (SSSR count). The molecule has 0 saturated heterocycles. The Labute approximate surface area is 92.9 Å². The van der Waals surface area contributed by atoms with Gasteiger partial charge in [-0.3, -0.25) is 0 Å². The fraction of sp³-hybridized carbons (Fsp3) is 0.667. The molecular weight excluding hydrogens is 254 g/mol. The predicted molar refractivity (Wildman–Crippen MR) is 46.5 cm³/mol. The molecule has 1 N–H and O–H groups in total. The van der Waals surface area contributed by atoms with Crippen molar-refractivity contribution in [2.45, 2.75) is 32.1 Å². The minimum absolute atomic E-state index is 0.488. The summed E-state index contributed by atoms with van der Waals surface area (Å²) in [5, 5.41) is 8.43. The Morgan fingerprint density at radius 2 is 1.53 bits per heavy atom. The minimum Gasteiger partial charge on any atom is -0.478 e. The minimum atomic E-state index is -5.78. The van der Waals surface area contributed by atoms with Gasteiger partial charge in [0.2, 0.25) is 0 Å². The van der Waals surface area contributed by atoms with Crippen LogP contribution in [0.1, 0.15) is 13.8 Å². The number of rotatable bonds is 4. The molecular formula is C9H10F6O2. The van der Waals surface area contributed by atoms with E-state index in [1.165, 1.54) is 0 Å².